The van der Waals surface area contributed by atoms with Gasteiger partial charge in [-0.2, -0.15) is 0 Å². The zero-order valence-electron chi connectivity index (χ0n) is 23.1. The molecule has 2 unspecified atom stereocenters. The number of carbonyl (C=O) groups excluding carboxylic acids is 3. The number of amides is 3. The van der Waals surface area contributed by atoms with Crippen molar-refractivity contribution in [2.75, 3.05) is 33.3 Å². The van der Waals surface area contributed by atoms with Crippen molar-refractivity contribution in [1.29, 1.82) is 0 Å². The Morgan fingerprint density at radius 2 is 1.82 bits per heavy atom. The Kier molecular flexibility index (Phi) is 8.73. The minimum atomic E-state index is -0.709. The van der Waals surface area contributed by atoms with Crippen LogP contribution in [0.5, 0.6) is 5.75 Å². The number of rotatable bonds is 7. The van der Waals surface area contributed by atoms with Crippen molar-refractivity contribution in [1.82, 2.24) is 25.8 Å². The predicted octanol–water partition coefficient (Wildman–Crippen LogP) is 0.945. The Balaban J connectivity index is 1.40. The molecule has 1 aliphatic carbocycles. The standard InChI is InChI=1S/C29H43N5O5/c1-18(30-2)27(36)32-26(19-8-4-3-5-9-19)29(38)34-15-20-14-21(35)16-33(20)17-24(34)28(37)31-23-12-13-39-25-11-7-6-10-22(23)25/h6-7,10-11,18-21,23-24,26,30,35H,3-5,8-9,12-17H2,1-2H3,(H,31,37)(H,32,36)/t18-,20+,21?,23+,24?,26-/m0/s1. The lowest BCUT2D eigenvalue weighted by molar-refractivity contribution is -0.149. The number of ether oxygens (including phenoxy) is 1. The first-order valence-corrected chi connectivity index (χ1v) is 14.6. The molecule has 3 fully saturated rings. The van der Waals surface area contributed by atoms with E-state index in [0.717, 1.165) is 43.4 Å². The molecule has 3 aliphatic heterocycles. The lowest BCUT2D eigenvalue weighted by Crippen LogP contribution is -2.66. The van der Waals surface area contributed by atoms with E-state index < -0.39 is 24.2 Å². The summed E-state index contributed by atoms with van der Waals surface area (Å²) in [7, 11) is 1.72. The molecule has 6 atom stereocenters. The Labute approximate surface area is 230 Å². The largest absolute Gasteiger partial charge is 0.493 e. The molecule has 0 bridgehead atoms. The highest BCUT2D eigenvalue weighted by molar-refractivity contribution is 5.93. The first kappa shape index (κ1) is 27.9. The van der Waals surface area contributed by atoms with Gasteiger partial charge >= 0.3 is 0 Å². The molecule has 1 aromatic rings. The number of benzene rings is 1. The minimum absolute atomic E-state index is 0.00394. The highest BCUT2D eigenvalue weighted by Gasteiger charge is 2.47. The van der Waals surface area contributed by atoms with Gasteiger partial charge in [-0.3, -0.25) is 19.3 Å². The minimum Gasteiger partial charge on any atom is -0.493 e. The van der Waals surface area contributed by atoms with Gasteiger partial charge in [0.1, 0.15) is 17.8 Å². The Morgan fingerprint density at radius 3 is 2.59 bits per heavy atom. The number of carbonyl (C=O) groups is 3. The number of likely N-dealkylation sites (N-methyl/N-ethyl adjacent to an activating group) is 1. The molecule has 3 amide bonds. The Bertz CT molecular complexity index is 1050. The second kappa shape index (κ2) is 12.2. The maximum absolute atomic E-state index is 14.3. The molecule has 10 heteroatoms. The number of nitrogens with zero attached hydrogens (tertiary/aromatic N) is 2. The summed E-state index contributed by atoms with van der Waals surface area (Å²) in [6, 6.07) is 5.70. The van der Waals surface area contributed by atoms with Crippen LogP contribution in [0.3, 0.4) is 0 Å². The van der Waals surface area contributed by atoms with Gasteiger partial charge in [0.05, 0.1) is 24.8 Å². The van der Waals surface area contributed by atoms with Crippen LogP contribution in [0.4, 0.5) is 0 Å². The summed E-state index contributed by atoms with van der Waals surface area (Å²) in [4.78, 5) is 45.0. The first-order valence-electron chi connectivity index (χ1n) is 14.6. The lowest BCUT2D eigenvalue weighted by atomic mass is 9.82. The lowest BCUT2D eigenvalue weighted by Gasteiger charge is -2.45. The highest BCUT2D eigenvalue weighted by atomic mass is 16.5. The maximum Gasteiger partial charge on any atom is 0.246 e. The molecule has 3 heterocycles. The first-order chi connectivity index (χ1) is 18.9. The van der Waals surface area contributed by atoms with E-state index in [4.69, 9.17) is 4.74 Å². The number of piperazine rings is 1. The van der Waals surface area contributed by atoms with E-state index in [2.05, 4.69) is 20.9 Å². The van der Waals surface area contributed by atoms with E-state index in [1.165, 1.54) is 0 Å². The SMILES string of the molecule is CN[C@@H](C)C(=O)N[C@H](C(=O)N1C[C@H]2CC(O)CN2CC1C(=O)N[C@@H]1CCOc2ccccc21)C1CCCCC1. The topological polar surface area (TPSA) is 123 Å². The van der Waals surface area contributed by atoms with Crippen LogP contribution in [-0.4, -0.2) is 96.2 Å². The predicted molar refractivity (Wildman–Crippen MR) is 146 cm³/mol. The van der Waals surface area contributed by atoms with Gasteiger partial charge in [0.25, 0.3) is 0 Å². The van der Waals surface area contributed by atoms with Gasteiger partial charge in [0.15, 0.2) is 0 Å². The van der Waals surface area contributed by atoms with Crippen molar-refractivity contribution in [2.24, 2.45) is 5.92 Å². The third kappa shape index (κ3) is 6.07. The molecule has 4 aliphatic rings. The van der Waals surface area contributed by atoms with Crippen LogP contribution in [0.15, 0.2) is 24.3 Å². The number of nitrogens with one attached hydrogen (secondary N) is 3. The molecule has 5 rings (SSSR count). The number of aliphatic hydroxyl groups is 1. The summed E-state index contributed by atoms with van der Waals surface area (Å²) < 4.78 is 5.78. The van der Waals surface area contributed by atoms with Crippen molar-refractivity contribution < 1.29 is 24.2 Å². The zero-order valence-corrected chi connectivity index (χ0v) is 23.1. The van der Waals surface area contributed by atoms with Crippen molar-refractivity contribution in [3.63, 3.8) is 0 Å². The van der Waals surface area contributed by atoms with Crippen molar-refractivity contribution >= 4 is 17.7 Å². The van der Waals surface area contributed by atoms with E-state index in [-0.39, 0.29) is 35.7 Å². The second-order valence-electron chi connectivity index (χ2n) is 11.6. The molecule has 214 valence electrons. The average Bonchev–Trinajstić information content (AvgIpc) is 3.33. The molecule has 0 radical (unpaired) electrons. The summed E-state index contributed by atoms with van der Waals surface area (Å²) in [6.45, 7) is 3.51. The van der Waals surface area contributed by atoms with Crippen LogP contribution >= 0.6 is 0 Å². The molecule has 0 aromatic heterocycles. The summed E-state index contributed by atoms with van der Waals surface area (Å²) in [5.41, 5.74) is 0.939. The van der Waals surface area contributed by atoms with E-state index in [1.807, 2.05) is 24.3 Å². The second-order valence-corrected chi connectivity index (χ2v) is 11.6. The van der Waals surface area contributed by atoms with E-state index in [1.54, 1.807) is 18.9 Å². The Hall–Kier alpha value is -2.69. The normalized spacial score (nSPS) is 28.9. The number of hydrogen-bond donors (Lipinski definition) is 4. The number of para-hydroxylation sites is 1. The molecular formula is C29H43N5O5. The van der Waals surface area contributed by atoms with E-state index in [0.29, 0.717) is 39.1 Å². The monoisotopic (exact) mass is 541 g/mol. The van der Waals surface area contributed by atoms with Gasteiger partial charge in [-0.05, 0) is 45.2 Å². The third-order valence-corrected chi connectivity index (χ3v) is 9.07. The van der Waals surface area contributed by atoms with Crippen LogP contribution < -0.4 is 20.7 Å². The van der Waals surface area contributed by atoms with E-state index in [9.17, 15) is 19.5 Å². The van der Waals surface area contributed by atoms with Crippen molar-refractivity contribution in [3.8, 4) is 5.75 Å². The van der Waals surface area contributed by atoms with Gasteiger partial charge in [0, 0.05) is 37.7 Å². The molecule has 1 aromatic carbocycles. The highest BCUT2D eigenvalue weighted by Crippen LogP contribution is 2.33. The average molecular weight is 542 g/mol. The van der Waals surface area contributed by atoms with Crippen molar-refractivity contribution in [3.05, 3.63) is 29.8 Å². The number of fused-ring (bicyclic) bond motifs is 2. The molecule has 2 saturated heterocycles. The van der Waals surface area contributed by atoms with Gasteiger partial charge in [0.2, 0.25) is 17.7 Å². The van der Waals surface area contributed by atoms with Crippen LogP contribution in [0.1, 0.15) is 63.5 Å². The molecule has 4 N–H and O–H groups in total. The molecule has 10 nitrogen and oxygen atoms in total. The summed E-state index contributed by atoms with van der Waals surface area (Å²) in [5, 5.41) is 19.6. The molecule has 1 saturated carbocycles. The number of aliphatic hydroxyl groups excluding tert-OH is 1. The molecular weight excluding hydrogens is 498 g/mol. The Morgan fingerprint density at radius 1 is 1.05 bits per heavy atom. The maximum atomic E-state index is 14.3. The fourth-order valence-electron chi connectivity index (χ4n) is 6.71. The van der Waals surface area contributed by atoms with Crippen LogP contribution in [0.2, 0.25) is 0 Å². The molecule has 39 heavy (non-hydrogen) atoms. The summed E-state index contributed by atoms with van der Waals surface area (Å²) in [6.07, 6.45) is 5.70. The summed E-state index contributed by atoms with van der Waals surface area (Å²) in [5.74, 6) is 0.204. The van der Waals surface area contributed by atoms with E-state index >= 15 is 0 Å². The fraction of sp³-hybridized carbons (Fsp3) is 0.690. The van der Waals surface area contributed by atoms with Crippen LogP contribution in [-0.2, 0) is 14.4 Å². The zero-order chi connectivity index (χ0) is 27.5. The third-order valence-electron chi connectivity index (χ3n) is 9.07. The number of hydrogen-bond acceptors (Lipinski definition) is 7. The van der Waals surface area contributed by atoms with Crippen LogP contribution in [0.25, 0.3) is 0 Å². The van der Waals surface area contributed by atoms with Gasteiger partial charge in [-0.15, -0.1) is 0 Å². The summed E-state index contributed by atoms with van der Waals surface area (Å²) >= 11 is 0. The van der Waals surface area contributed by atoms with Gasteiger partial charge in [-0.25, -0.2) is 0 Å². The molecule has 0 spiro atoms. The van der Waals surface area contributed by atoms with Gasteiger partial charge < -0.3 is 30.7 Å². The van der Waals surface area contributed by atoms with Crippen molar-refractivity contribution in [2.45, 2.75) is 88.2 Å². The fourth-order valence-corrected chi connectivity index (χ4v) is 6.71. The quantitative estimate of drug-likeness (QED) is 0.405. The van der Waals surface area contributed by atoms with Gasteiger partial charge in [-0.1, -0.05) is 37.5 Å². The van der Waals surface area contributed by atoms with Crippen LogP contribution in [0, 0.1) is 5.92 Å². The smallest absolute Gasteiger partial charge is 0.246 e.